The van der Waals surface area contributed by atoms with Crippen molar-refractivity contribution in [3.8, 4) is 5.75 Å². The van der Waals surface area contributed by atoms with Crippen molar-refractivity contribution in [1.82, 2.24) is 0 Å². The van der Waals surface area contributed by atoms with Gasteiger partial charge in [0.25, 0.3) is 11.6 Å². The number of aliphatic hydroxyl groups is 1. The topological polar surface area (TPSA) is 35.7 Å². The van der Waals surface area contributed by atoms with E-state index in [1.807, 2.05) is 34.9 Å². The fourth-order valence-electron chi connectivity index (χ4n) is 3.89. The van der Waals surface area contributed by atoms with Crippen molar-refractivity contribution in [2.24, 2.45) is 0 Å². The molecular formula is C20H21BrF2N2O2. The molecule has 0 spiro atoms. The minimum Gasteiger partial charge on any atom is -1.00 e. The van der Waals surface area contributed by atoms with Crippen LogP contribution in [0.3, 0.4) is 0 Å². The van der Waals surface area contributed by atoms with Gasteiger partial charge in [0.05, 0.1) is 6.54 Å². The van der Waals surface area contributed by atoms with E-state index >= 15 is 0 Å². The smallest absolute Gasteiger partial charge is 0.387 e. The number of anilines is 1. The second kappa shape index (κ2) is 7.94. The summed E-state index contributed by atoms with van der Waals surface area (Å²) in [6.45, 7) is -1.68. The molecule has 1 atom stereocenters. The maximum Gasteiger partial charge on any atom is 0.387 e. The summed E-state index contributed by atoms with van der Waals surface area (Å²) in [7, 11) is 0. The van der Waals surface area contributed by atoms with E-state index in [-0.39, 0.29) is 22.7 Å². The highest BCUT2D eigenvalue weighted by Crippen LogP contribution is 2.36. The zero-order valence-electron chi connectivity index (χ0n) is 14.7. The predicted octanol–water partition coefficient (Wildman–Crippen LogP) is 0.552. The molecule has 0 radical (unpaired) electrons. The fraction of sp³-hybridized carbons (Fsp3) is 0.350. The van der Waals surface area contributed by atoms with Crippen LogP contribution in [-0.2, 0) is 5.72 Å². The summed E-state index contributed by atoms with van der Waals surface area (Å²) in [6, 6.07) is 16.3. The van der Waals surface area contributed by atoms with Crippen LogP contribution in [0, 0.1) is 0 Å². The zero-order valence-corrected chi connectivity index (χ0v) is 16.3. The lowest BCUT2D eigenvalue weighted by Crippen LogP contribution is -3.00. The monoisotopic (exact) mass is 438 g/mol. The van der Waals surface area contributed by atoms with Crippen molar-refractivity contribution in [3.63, 3.8) is 0 Å². The molecule has 4 rings (SSSR count). The average molecular weight is 439 g/mol. The molecule has 2 aromatic carbocycles. The Kier molecular flexibility index (Phi) is 5.81. The molecule has 0 aliphatic carbocycles. The Morgan fingerprint density at radius 1 is 1.04 bits per heavy atom. The lowest BCUT2D eigenvalue weighted by molar-refractivity contribution is -0.661. The minimum absolute atomic E-state index is 0. The number of β-amino-alcohol motifs (C(OH)–C–C–N with tert-alkyl or cyclic N) is 1. The van der Waals surface area contributed by atoms with E-state index in [9.17, 15) is 13.9 Å². The number of para-hydroxylation sites is 1. The standard InChI is InChI=1S/C20H21F2N2O2.BrH/c21-19(22)26-17-11-9-15(10-12-17)20(25)14-23(16-6-2-1-3-7-16)18-8-4-5-13-24(18)20;/h1-3,6-7,9-12,19,25H,4-5,8,13-14H2;1H/q+1;/p-1. The molecule has 2 aliphatic rings. The number of halogens is 3. The molecule has 0 bridgehead atoms. The number of amidine groups is 1. The van der Waals surface area contributed by atoms with Gasteiger partial charge in [-0.15, -0.1) is 0 Å². The van der Waals surface area contributed by atoms with Gasteiger partial charge in [-0.1, -0.05) is 18.2 Å². The summed E-state index contributed by atoms with van der Waals surface area (Å²) < 4.78 is 31.2. The zero-order chi connectivity index (χ0) is 18.1. The number of rotatable bonds is 4. The summed E-state index contributed by atoms with van der Waals surface area (Å²) in [4.78, 5) is 2.16. The first kappa shape index (κ1) is 19.8. The molecule has 2 aromatic rings. The van der Waals surface area contributed by atoms with E-state index < -0.39 is 12.3 Å². The second-order valence-corrected chi connectivity index (χ2v) is 6.67. The van der Waals surface area contributed by atoms with Crippen LogP contribution in [-0.4, -0.2) is 35.2 Å². The molecule has 27 heavy (non-hydrogen) atoms. The maximum atomic E-state index is 12.4. The normalized spacial score (nSPS) is 21.9. The van der Waals surface area contributed by atoms with Crippen LogP contribution in [0.25, 0.3) is 0 Å². The second-order valence-electron chi connectivity index (χ2n) is 6.67. The van der Waals surface area contributed by atoms with E-state index in [0.717, 1.165) is 37.3 Å². The van der Waals surface area contributed by atoms with E-state index in [0.29, 0.717) is 12.1 Å². The van der Waals surface area contributed by atoms with Crippen LogP contribution in [0.2, 0.25) is 0 Å². The molecule has 0 saturated carbocycles. The molecule has 1 unspecified atom stereocenters. The van der Waals surface area contributed by atoms with Crippen molar-refractivity contribution >= 4 is 11.5 Å². The SMILES string of the molecule is OC1(c2ccc(OC(F)F)cc2)CN(c2ccccc2)C2=[N+]1CCCC2.[Br-]. The molecule has 2 aliphatic heterocycles. The summed E-state index contributed by atoms with van der Waals surface area (Å²) in [6.07, 6.45) is 3.01. The first-order chi connectivity index (χ1) is 12.6. The largest absolute Gasteiger partial charge is 1.00 e. The highest BCUT2D eigenvalue weighted by molar-refractivity contribution is 5.96. The van der Waals surface area contributed by atoms with Crippen LogP contribution in [0.15, 0.2) is 54.6 Å². The summed E-state index contributed by atoms with van der Waals surface area (Å²) in [5.74, 6) is 1.20. The maximum absolute atomic E-state index is 12.4. The van der Waals surface area contributed by atoms with Crippen LogP contribution < -0.4 is 26.6 Å². The molecular weight excluding hydrogens is 418 g/mol. The van der Waals surface area contributed by atoms with Gasteiger partial charge in [-0.3, -0.25) is 0 Å². The molecule has 0 amide bonds. The highest BCUT2D eigenvalue weighted by Gasteiger charge is 2.52. The first-order valence-corrected chi connectivity index (χ1v) is 8.82. The third kappa shape index (κ3) is 3.71. The number of benzene rings is 2. The number of alkyl halides is 2. The van der Waals surface area contributed by atoms with Gasteiger partial charge in [-0.05, 0) is 49.2 Å². The Morgan fingerprint density at radius 2 is 1.74 bits per heavy atom. The molecule has 4 nitrogen and oxygen atoms in total. The number of hydrogen-bond donors (Lipinski definition) is 1. The van der Waals surface area contributed by atoms with Crippen molar-refractivity contribution in [2.75, 3.05) is 18.0 Å². The molecule has 144 valence electrons. The molecule has 0 saturated heterocycles. The lowest BCUT2D eigenvalue weighted by atomic mass is 10.0. The van der Waals surface area contributed by atoms with Gasteiger partial charge >= 0.3 is 6.61 Å². The minimum atomic E-state index is -2.86. The van der Waals surface area contributed by atoms with E-state index in [4.69, 9.17) is 0 Å². The van der Waals surface area contributed by atoms with Crippen LogP contribution >= 0.6 is 0 Å². The van der Waals surface area contributed by atoms with E-state index in [1.54, 1.807) is 12.1 Å². The first-order valence-electron chi connectivity index (χ1n) is 8.82. The van der Waals surface area contributed by atoms with Crippen LogP contribution in [0.1, 0.15) is 24.8 Å². The number of ether oxygens (including phenoxy) is 1. The van der Waals surface area contributed by atoms with Gasteiger partial charge in [0, 0.05) is 12.0 Å². The summed E-state index contributed by atoms with van der Waals surface area (Å²) in [5, 5.41) is 11.5. The van der Waals surface area contributed by atoms with Crippen molar-refractivity contribution in [2.45, 2.75) is 31.6 Å². The molecule has 7 heteroatoms. The van der Waals surface area contributed by atoms with Crippen LogP contribution in [0.4, 0.5) is 14.5 Å². The van der Waals surface area contributed by atoms with Gasteiger partial charge in [0.1, 0.15) is 11.4 Å². The lowest BCUT2D eigenvalue weighted by Gasteiger charge is -2.24. The summed E-state index contributed by atoms with van der Waals surface area (Å²) in [5.41, 5.74) is 0.537. The molecule has 2 heterocycles. The van der Waals surface area contributed by atoms with Crippen LogP contribution in [0.5, 0.6) is 5.75 Å². The summed E-state index contributed by atoms with van der Waals surface area (Å²) >= 11 is 0. The molecule has 0 aromatic heterocycles. The Hall–Kier alpha value is -1.99. The van der Waals surface area contributed by atoms with Gasteiger partial charge in [-0.25, -0.2) is 9.48 Å². The number of hydrogen-bond acceptors (Lipinski definition) is 3. The van der Waals surface area contributed by atoms with Gasteiger partial charge in [-0.2, -0.15) is 8.78 Å². The van der Waals surface area contributed by atoms with Crippen molar-refractivity contribution < 1.29 is 40.2 Å². The third-order valence-electron chi connectivity index (χ3n) is 5.09. The van der Waals surface area contributed by atoms with Crippen molar-refractivity contribution in [3.05, 3.63) is 60.2 Å². The predicted molar refractivity (Wildman–Crippen MR) is 94.7 cm³/mol. The average Bonchev–Trinajstić information content (AvgIpc) is 2.97. The van der Waals surface area contributed by atoms with Gasteiger partial charge in [0.15, 0.2) is 6.54 Å². The Morgan fingerprint density at radius 3 is 2.41 bits per heavy atom. The number of nitrogens with zero attached hydrogens (tertiary/aromatic N) is 2. The Balaban J connectivity index is 0.00000210. The molecule has 1 N–H and O–H groups in total. The fourth-order valence-corrected chi connectivity index (χ4v) is 3.89. The van der Waals surface area contributed by atoms with E-state index in [2.05, 4.69) is 9.64 Å². The van der Waals surface area contributed by atoms with Gasteiger partial charge in [0.2, 0.25) is 0 Å². The Labute approximate surface area is 167 Å². The van der Waals surface area contributed by atoms with Gasteiger partial charge < -0.3 is 26.8 Å². The third-order valence-corrected chi connectivity index (χ3v) is 5.09. The van der Waals surface area contributed by atoms with E-state index in [1.165, 1.54) is 12.1 Å². The Bertz CT molecular complexity index is 814. The van der Waals surface area contributed by atoms with Crippen molar-refractivity contribution in [1.29, 1.82) is 0 Å². The molecule has 0 fully saturated rings. The quantitative estimate of drug-likeness (QED) is 0.708. The highest BCUT2D eigenvalue weighted by atomic mass is 79.9.